The summed E-state index contributed by atoms with van der Waals surface area (Å²) < 4.78 is 26.5. The zero-order valence-corrected chi connectivity index (χ0v) is 26.8. The molecule has 0 heterocycles. The van der Waals surface area contributed by atoms with Gasteiger partial charge in [-0.05, 0) is 48.6 Å². The number of rotatable bonds is 14. The molecule has 0 saturated heterocycles. The van der Waals surface area contributed by atoms with Crippen LogP contribution in [0.4, 0.5) is 5.69 Å². The Hall–Kier alpha value is -3.07. The highest BCUT2D eigenvalue weighted by atomic mass is 35.5. The van der Waals surface area contributed by atoms with Crippen LogP contribution in [-0.2, 0) is 32.6 Å². The van der Waals surface area contributed by atoms with Gasteiger partial charge in [-0.15, -0.1) is 0 Å². The van der Waals surface area contributed by atoms with Gasteiger partial charge in [0.1, 0.15) is 6.04 Å². The van der Waals surface area contributed by atoms with Gasteiger partial charge in [0.25, 0.3) is 0 Å². The second kappa shape index (κ2) is 15.4. The van der Waals surface area contributed by atoms with Crippen molar-refractivity contribution in [3.8, 4) is 0 Å². The van der Waals surface area contributed by atoms with Gasteiger partial charge < -0.3 is 10.2 Å². The maximum absolute atomic E-state index is 13.9. The molecule has 0 aromatic heterocycles. The molecule has 2 amide bonds. The summed E-state index contributed by atoms with van der Waals surface area (Å²) in [4.78, 5) is 29.1. The van der Waals surface area contributed by atoms with Gasteiger partial charge in [0, 0.05) is 37.5 Å². The average molecular weight is 633 g/mol. The van der Waals surface area contributed by atoms with Gasteiger partial charge in [0.05, 0.1) is 17.0 Å². The SMILES string of the molecule is Cc1cccc(CN(C(=O)CCCN(c2cc(Cl)ccc2Cl)S(C)(=O)=O)[C@H](Cc2ccccc2)C(=O)NCC(C)C)c1. The minimum atomic E-state index is -3.71. The summed E-state index contributed by atoms with van der Waals surface area (Å²) in [6, 6.07) is 21.3. The lowest BCUT2D eigenvalue weighted by atomic mass is 10.0. The van der Waals surface area contributed by atoms with Gasteiger partial charge in [-0.25, -0.2) is 8.42 Å². The van der Waals surface area contributed by atoms with E-state index in [0.717, 1.165) is 27.3 Å². The molecule has 0 aliphatic rings. The Balaban J connectivity index is 1.90. The first-order chi connectivity index (χ1) is 19.8. The second-order valence-electron chi connectivity index (χ2n) is 10.9. The molecule has 1 N–H and O–H groups in total. The van der Waals surface area contributed by atoms with E-state index in [1.54, 1.807) is 11.0 Å². The second-order valence-corrected chi connectivity index (χ2v) is 13.6. The van der Waals surface area contributed by atoms with Gasteiger partial charge in [0.2, 0.25) is 21.8 Å². The van der Waals surface area contributed by atoms with Crippen molar-refractivity contribution in [1.29, 1.82) is 0 Å². The van der Waals surface area contributed by atoms with Crippen molar-refractivity contribution in [2.45, 2.75) is 52.6 Å². The molecule has 0 saturated carbocycles. The fraction of sp³-hybridized carbons (Fsp3) is 0.375. The van der Waals surface area contributed by atoms with Crippen LogP contribution >= 0.6 is 23.2 Å². The fourth-order valence-electron chi connectivity index (χ4n) is 4.64. The molecule has 0 spiro atoms. The number of benzene rings is 3. The summed E-state index contributed by atoms with van der Waals surface area (Å²) in [6.07, 6.45) is 1.67. The third kappa shape index (κ3) is 10.0. The number of nitrogens with zero attached hydrogens (tertiary/aromatic N) is 2. The zero-order valence-electron chi connectivity index (χ0n) is 24.5. The molecular formula is C32H39Cl2N3O4S. The lowest BCUT2D eigenvalue weighted by Crippen LogP contribution is -2.51. The molecule has 42 heavy (non-hydrogen) atoms. The number of carbonyl (C=O) groups is 2. The Kier molecular flexibility index (Phi) is 12.3. The first-order valence-corrected chi connectivity index (χ1v) is 16.5. The smallest absolute Gasteiger partial charge is 0.243 e. The Bertz CT molecular complexity index is 1470. The van der Waals surface area contributed by atoms with Crippen LogP contribution in [0.2, 0.25) is 10.0 Å². The zero-order chi connectivity index (χ0) is 30.9. The number of sulfonamides is 1. The van der Waals surface area contributed by atoms with Crippen LogP contribution in [0.1, 0.15) is 43.4 Å². The average Bonchev–Trinajstić information content (AvgIpc) is 2.93. The molecule has 3 aromatic rings. The first-order valence-electron chi connectivity index (χ1n) is 13.9. The monoisotopic (exact) mass is 631 g/mol. The quantitative estimate of drug-likeness (QED) is 0.227. The molecule has 0 unspecified atom stereocenters. The lowest BCUT2D eigenvalue weighted by molar-refractivity contribution is -0.141. The van der Waals surface area contributed by atoms with Crippen molar-refractivity contribution >= 4 is 50.7 Å². The third-order valence-electron chi connectivity index (χ3n) is 6.72. The predicted octanol–water partition coefficient (Wildman–Crippen LogP) is 6.26. The number of amides is 2. The van der Waals surface area contributed by atoms with E-state index in [4.69, 9.17) is 23.2 Å². The molecule has 3 aromatic carbocycles. The van der Waals surface area contributed by atoms with Crippen molar-refractivity contribution in [2.24, 2.45) is 5.92 Å². The summed E-state index contributed by atoms with van der Waals surface area (Å²) in [5.74, 6) is -0.229. The minimum absolute atomic E-state index is 0.0197. The standard InChI is InChI=1S/C32H39Cl2N3O4S/c1-23(2)21-35-32(39)30(19-25-11-6-5-7-12-25)36(22-26-13-8-10-24(3)18-26)31(38)14-9-17-37(42(4,40)41)29-20-27(33)15-16-28(29)34/h5-8,10-13,15-16,18,20,23,30H,9,14,17,19,21-22H2,1-4H3,(H,35,39)/t30-/m1/s1. The Labute approximate surface area is 259 Å². The molecule has 10 heteroatoms. The summed E-state index contributed by atoms with van der Waals surface area (Å²) in [6.45, 7) is 6.76. The van der Waals surface area contributed by atoms with Crippen LogP contribution in [0.25, 0.3) is 0 Å². The highest BCUT2D eigenvalue weighted by Gasteiger charge is 2.31. The lowest BCUT2D eigenvalue weighted by Gasteiger charge is -2.32. The maximum Gasteiger partial charge on any atom is 0.243 e. The molecule has 0 radical (unpaired) electrons. The maximum atomic E-state index is 13.9. The minimum Gasteiger partial charge on any atom is -0.354 e. The molecule has 3 rings (SSSR count). The molecule has 0 aliphatic carbocycles. The molecule has 1 atom stereocenters. The van der Waals surface area contributed by atoms with E-state index in [-0.39, 0.29) is 54.4 Å². The first kappa shape index (κ1) is 33.4. The number of hydrogen-bond donors (Lipinski definition) is 1. The normalized spacial score (nSPS) is 12.2. The van der Waals surface area contributed by atoms with Crippen LogP contribution in [0.5, 0.6) is 0 Å². The summed E-state index contributed by atoms with van der Waals surface area (Å²) in [7, 11) is -3.71. The largest absolute Gasteiger partial charge is 0.354 e. The van der Waals surface area contributed by atoms with E-state index in [1.807, 2.05) is 75.4 Å². The molecule has 0 fully saturated rings. The number of carbonyl (C=O) groups excluding carboxylic acids is 2. The van der Waals surface area contributed by atoms with Crippen molar-refractivity contribution in [2.75, 3.05) is 23.7 Å². The molecule has 0 aliphatic heterocycles. The highest BCUT2D eigenvalue weighted by molar-refractivity contribution is 7.92. The van der Waals surface area contributed by atoms with E-state index in [0.29, 0.717) is 18.0 Å². The molecular weight excluding hydrogens is 593 g/mol. The Morgan fingerprint density at radius 1 is 0.929 bits per heavy atom. The van der Waals surface area contributed by atoms with Crippen molar-refractivity contribution in [1.82, 2.24) is 10.2 Å². The molecule has 7 nitrogen and oxygen atoms in total. The van der Waals surface area contributed by atoms with Crippen molar-refractivity contribution < 1.29 is 18.0 Å². The van der Waals surface area contributed by atoms with Gasteiger partial charge in [-0.1, -0.05) is 97.2 Å². The summed E-state index contributed by atoms with van der Waals surface area (Å²) in [5.41, 5.74) is 3.14. The number of aryl methyl sites for hydroxylation is 1. The highest BCUT2D eigenvalue weighted by Crippen LogP contribution is 2.31. The topological polar surface area (TPSA) is 86.8 Å². The Morgan fingerprint density at radius 2 is 1.62 bits per heavy atom. The van der Waals surface area contributed by atoms with E-state index < -0.39 is 16.1 Å². The van der Waals surface area contributed by atoms with Crippen LogP contribution in [-0.4, -0.2) is 50.5 Å². The fourth-order valence-corrected chi connectivity index (χ4v) is 6.05. The van der Waals surface area contributed by atoms with E-state index in [9.17, 15) is 18.0 Å². The van der Waals surface area contributed by atoms with Crippen LogP contribution in [0.15, 0.2) is 72.8 Å². The van der Waals surface area contributed by atoms with Gasteiger partial charge >= 0.3 is 0 Å². The molecule has 226 valence electrons. The number of hydrogen-bond acceptors (Lipinski definition) is 4. The number of nitrogens with one attached hydrogen (secondary N) is 1. The van der Waals surface area contributed by atoms with E-state index in [1.165, 1.54) is 12.1 Å². The number of halogens is 2. The number of anilines is 1. The van der Waals surface area contributed by atoms with Gasteiger partial charge in [-0.3, -0.25) is 13.9 Å². The van der Waals surface area contributed by atoms with Crippen LogP contribution in [0.3, 0.4) is 0 Å². The third-order valence-corrected chi connectivity index (χ3v) is 8.45. The predicted molar refractivity (Wildman–Crippen MR) is 171 cm³/mol. The van der Waals surface area contributed by atoms with Crippen molar-refractivity contribution in [3.63, 3.8) is 0 Å². The summed E-state index contributed by atoms with van der Waals surface area (Å²) in [5, 5.41) is 3.60. The van der Waals surface area contributed by atoms with Gasteiger partial charge in [0.15, 0.2) is 0 Å². The van der Waals surface area contributed by atoms with E-state index in [2.05, 4.69) is 5.32 Å². The Morgan fingerprint density at radius 3 is 2.26 bits per heavy atom. The van der Waals surface area contributed by atoms with Crippen LogP contribution < -0.4 is 9.62 Å². The molecule has 0 bridgehead atoms. The van der Waals surface area contributed by atoms with Crippen molar-refractivity contribution in [3.05, 3.63) is 99.5 Å². The van der Waals surface area contributed by atoms with Crippen LogP contribution in [0, 0.1) is 12.8 Å². The van der Waals surface area contributed by atoms with Gasteiger partial charge in [-0.2, -0.15) is 0 Å². The van der Waals surface area contributed by atoms with E-state index >= 15 is 0 Å². The summed E-state index contributed by atoms with van der Waals surface area (Å²) >= 11 is 12.4.